The van der Waals surface area contributed by atoms with Crippen LogP contribution in [0.25, 0.3) is 11.0 Å². The molecule has 1 aromatic heterocycles. The topological polar surface area (TPSA) is 91.6 Å². The summed E-state index contributed by atoms with van der Waals surface area (Å²) in [6, 6.07) is 10.6. The van der Waals surface area contributed by atoms with Gasteiger partial charge in [0.15, 0.2) is 0 Å². The molecule has 38 heavy (non-hydrogen) atoms. The zero-order valence-electron chi connectivity index (χ0n) is 23.6. The van der Waals surface area contributed by atoms with Crippen LogP contribution in [0.1, 0.15) is 73.9 Å². The maximum Gasteiger partial charge on any atom is 0.310 e. The molecule has 2 aliphatic rings. The zero-order chi connectivity index (χ0) is 27.6. The third-order valence-corrected chi connectivity index (χ3v) is 8.71. The normalized spacial score (nSPS) is 21.0. The van der Waals surface area contributed by atoms with Crippen LogP contribution in [-0.4, -0.2) is 68.5 Å². The number of amides is 1. The molecular weight excluding hydrogens is 478 g/mol. The number of hydrogen-bond donors (Lipinski definition) is 1. The lowest BCUT2D eigenvalue weighted by atomic mass is 9.69. The second kappa shape index (κ2) is 9.19. The molecule has 2 heterocycles. The quantitative estimate of drug-likeness (QED) is 0.542. The Bertz CT molecular complexity index is 1420. The van der Waals surface area contributed by atoms with Crippen molar-refractivity contribution in [3.8, 4) is 0 Å². The number of likely N-dealkylation sites (N-methyl/N-ethyl adjacent to an activating group) is 1. The van der Waals surface area contributed by atoms with Gasteiger partial charge in [-0.05, 0) is 72.9 Å². The first-order valence-corrected chi connectivity index (χ1v) is 13.4. The molecule has 1 amide bonds. The van der Waals surface area contributed by atoms with Crippen molar-refractivity contribution in [1.82, 2.24) is 24.8 Å². The number of carboxylic acids is 1. The number of aromatic nitrogens is 3. The molecule has 0 bridgehead atoms. The smallest absolute Gasteiger partial charge is 0.310 e. The molecule has 0 saturated carbocycles. The number of benzene rings is 2. The van der Waals surface area contributed by atoms with Crippen molar-refractivity contribution in [2.75, 3.05) is 26.7 Å². The molecule has 8 heteroatoms. The highest BCUT2D eigenvalue weighted by molar-refractivity contribution is 5.82. The molecule has 1 aliphatic heterocycles. The highest BCUT2D eigenvalue weighted by Crippen LogP contribution is 2.46. The van der Waals surface area contributed by atoms with Gasteiger partial charge in [0.1, 0.15) is 5.52 Å². The van der Waals surface area contributed by atoms with Gasteiger partial charge in [0.2, 0.25) is 5.91 Å². The maximum absolute atomic E-state index is 12.9. The highest BCUT2D eigenvalue weighted by atomic mass is 16.4. The van der Waals surface area contributed by atoms with Gasteiger partial charge < -0.3 is 10.0 Å². The summed E-state index contributed by atoms with van der Waals surface area (Å²) in [7, 11) is 3.75. The van der Waals surface area contributed by atoms with Crippen LogP contribution in [0.15, 0.2) is 30.3 Å². The minimum Gasteiger partial charge on any atom is -0.481 e. The Balaban J connectivity index is 1.61. The third kappa shape index (κ3) is 4.38. The number of carboxylic acid groups (broad SMARTS) is 1. The molecule has 1 fully saturated rings. The lowest BCUT2D eigenvalue weighted by molar-refractivity contribution is -0.147. The van der Waals surface area contributed by atoms with E-state index in [-0.39, 0.29) is 23.3 Å². The summed E-state index contributed by atoms with van der Waals surface area (Å²) in [4.78, 5) is 29.7. The van der Waals surface area contributed by atoms with Gasteiger partial charge in [0, 0.05) is 39.1 Å². The summed E-state index contributed by atoms with van der Waals surface area (Å²) < 4.78 is 1.74. The van der Waals surface area contributed by atoms with Crippen molar-refractivity contribution < 1.29 is 14.7 Å². The molecule has 0 spiro atoms. The number of carbonyl (C=O) groups excluding carboxylic acids is 1. The fraction of sp³-hybridized carbons (Fsp3) is 0.533. The number of rotatable bonds is 5. The van der Waals surface area contributed by atoms with E-state index in [1.54, 1.807) is 18.5 Å². The van der Waals surface area contributed by atoms with Gasteiger partial charge in [-0.15, -0.1) is 5.10 Å². The van der Waals surface area contributed by atoms with E-state index in [9.17, 15) is 14.7 Å². The number of hydrogen-bond acceptors (Lipinski definition) is 5. The monoisotopic (exact) mass is 517 g/mol. The van der Waals surface area contributed by atoms with Crippen LogP contribution in [0.5, 0.6) is 0 Å². The van der Waals surface area contributed by atoms with Crippen molar-refractivity contribution in [3.63, 3.8) is 0 Å². The van der Waals surface area contributed by atoms with E-state index in [4.69, 9.17) is 0 Å². The first-order valence-electron chi connectivity index (χ1n) is 13.4. The first kappa shape index (κ1) is 26.4. The minimum atomic E-state index is -1.06. The number of nitrogens with zero attached hydrogens (tertiary/aromatic N) is 5. The summed E-state index contributed by atoms with van der Waals surface area (Å²) >= 11 is 0. The molecule has 2 unspecified atom stereocenters. The summed E-state index contributed by atoms with van der Waals surface area (Å²) in [6.07, 6.45) is 1.92. The average Bonchev–Trinajstić information content (AvgIpc) is 3.40. The summed E-state index contributed by atoms with van der Waals surface area (Å²) in [5.41, 5.74) is 6.03. The van der Waals surface area contributed by atoms with Crippen LogP contribution in [0.2, 0.25) is 0 Å². The van der Waals surface area contributed by atoms with E-state index < -0.39 is 11.4 Å². The maximum atomic E-state index is 12.9. The van der Waals surface area contributed by atoms with E-state index in [1.165, 1.54) is 11.1 Å². The number of aryl methyl sites for hydroxylation is 3. The fourth-order valence-electron chi connectivity index (χ4n) is 6.73. The Kier molecular flexibility index (Phi) is 6.37. The first-order chi connectivity index (χ1) is 17.8. The molecule has 8 nitrogen and oxygen atoms in total. The van der Waals surface area contributed by atoms with Gasteiger partial charge in [-0.25, -0.2) is 4.68 Å². The summed E-state index contributed by atoms with van der Waals surface area (Å²) in [5, 5.41) is 18.9. The predicted molar refractivity (Wildman–Crippen MR) is 147 cm³/mol. The van der Waals surface area contributed by atoms with E-state index in [2.05, 4.69) is 47.3 Å². The second-order valence-electron chi connectivity index (χ2n) is 12.7. The second-order valence-corrected chi connectivity index (χ2v) is 12.7. The van der Waals surface area contributed by atoms with E-state index in [0.29, 0.717) is 6.54 Å². The Hall–Kier alpha value is -3.26. The molecule has 5 rings (SSSR count). The van der Waals surface area contributed by atoms with Crippen LogP contribution >= 0.6 is 0 Å². The van der Waals surface area contributed by atoms with E-state index >= 15 is 0 Å². The zero-order valence-corrected chi connectivity index (χ0v) is 23.6. The van der Waals surface area contributed by atoms with Crippen LogP contribution in [0, 0.1) is 17.8 Å². The largest absolute Gasteiger partial charge is 0.481 e. The molecule has 1 saturated heterocycles. The summed E-state index contributed by atoms with van der Waals surface area (Å²) in [6.45, 7) is 12.0. The molecule has 202 valence electrons. The van der Waals surface area contributed by atoms with Crippen LogP contribution < -0.4 is 0 Å². The van der Waals surface area contributed by atoms with Gasteiger partial charge in [-0.1, -0.05) is 43.3 Å². The van der Waals surface area contributed by atoms with Gasteiger partial charge >= 0.3 is 5.97 Å². The standard InChI is InChI=1S/C30H39N5O3/c1-18-21(11-13-24-27(18)31-32-34(24)7)26(30(4,5)28(37)38)20-9-8-19-10-12-23(22(19)14-20)35-15-25(36)33(6)16-29(2,3)17-35/h8-9,11,13-14,23,26H,10,12,15-17H2,1-7H3,(H,37,38). The van der Waals surface area contributed by atoms with Crippen molar-refractivity contribution in [1.29, 1.82) is 0 Å². The fourth-order valence-corrected chi connectivity index (χ4v) is 6.73. The van der Waals surface area contributed by atoms with Gasteiger partial charge in [0.05, 0.1) is 17.5 Å². The molecule has 2 aromatic carbocycles. The Morgan fingerprint density at radius 2 is 1.89 bits per heavy atom. The number of carbonyl (C=O) groups is 2. The van der Waals surface area contributed by atoms with Crippen LogP contribution in [-0.2, 0) is 23.1 Å². The molecular formula is C30H39N5O3. The van der Waals surface area contributed by atoms with Crippen molar-refractivity contribution in [2.45, 2.75) is 59.4 Å². The van der Waals surface area contributed by atoms with Gasteiger partial charge in [-0.3, -0.25) is 14.5 Å². The minimum absolute atomic E-state index is 0.0155. The molecule has 0 radical (unpaired) electrons. The molecule has 1 aliphatic carbocycles. The highest BCUT2D eigenvalue weighted by Gasteiger charge is 2.42. The Labute approximate surface area is 224 Å². The average molecular weight is 518 g/mol. The third-order valence-electron chi connectivity index (χ3n) is 8.71. The van der Waals surface area contributed by atoms with Crippen molar-refractivity contribution in [3.05, 3.63) is 58.1 Å². The SMILES string of the molecule is Cc1c(C(c2ccc3c(c2)C(N2CC(=O)N(C)CC(C)(C)C2)CC3)C(C)(C)C(=O)O)ccc2c1nnn2C. The summed E-state index contributed by atoms with van der Waals surface area (Å²) in [5.74, 6) is -1.08. The number of aliphatic carboxylic acids is 1. The van der Waals surface area contributed by atoms with Crippen LogP contribution in [0.3, 0.4) is 0 Å². The number of fused-ring (bicyclic) bond motifs is 2. The van der Waals surface area contributed by atoms with E-state index in [0.717, 1.165) is 53.7 Å². The molecule has 1 N–H and O–H groups in total. The van der Waals surface area contributed by atoms with Crippen molar-refractivity contribution in [2.24, 2.45) is 17.9 Å². The molecule has 3 aromatic rings. The van der Waals surface area contributed by atoms with Gasteiger partial charge in [0.25, 0.3) is 0 Å². The van der Waals surface area contributed by atoms with Crippen molar-refractivity contribution >= 4 is 22.9 Å². The Morgan fingerprint density at radius 3 is 2.61 bits per heavy atom. The predicted octanol–water partition coefficient (Wildman–Crippen LogP) is 4.31. The van der Waals surface area contributed by atoms with E-state index in [1.807, 2.05) is 38.1 Å². The lowest BCUT2D eigenvalue weighted by Gasteiger charge is -2.35. The Morgan fingerprint density at radius 1 is 1.16 bits per heavy atom. The molecule has 2 atom stereocenters. The lowest BCUT2D eigenvalue weighted by Crippen LogP contribution is -2.37. The van der Waals surface area contributed by atoms with Crippen LogP contribution in [0.4, 0.5) is 0 Å². The van der Waals surface area contributed by atoms with Gasteiger partial charge in [-0.2, -0.15) is 0 Å².